The lowest BCUT2D eigenvalue weighted by Gasteiger charge is -2.28. The second kappa shape index (κ2) is 4.52. The maximum Gasteiger partial charge on any atom is 0.404 e. The SMILES string of the molecule is O=C(Nc1cccnn1)C1(C(F)(F)F)CCNC1. The van der Waals surface area contributed by atoms with Crippen LogP contribution < -0.4 is 10.6 Å². The van der Waals surface area contributed by atoms with Crippen molar-refractivity contribution >= 4 is 11.7 Å². The summed E-state index contributed by atoms with van der Waals surface area (Å²) in [5, 5.41) is 11.7. The molecule has 1 aliphatic heterocycles. The number of carbonyl (C=O) groups is 1. The minimum atomic E-state index is -4.59. The monoisotopic (exact) mass is 260 g/mol. The molecule has 2 N–H and O–H groups in total. The van der Waals surface area contributed by atoms with Gasteiger partial charge in [0.05, 0.1) is 0 Å². The van der Waals surface area contributed by atoms with Crippen molar-refractivity contribution in [3.05, 3.63) is 18.3 Å². The lowest BCUT2D eigenvalue weighted by molar-refractivity contribution is -0.213. The van der Waals surface area contributed by atoms with E-state index >= 15 is 0 Å². The van der Waals surface area contributed by atoms with E-state index in [1.165, 1.54) is 18.3 Å². The number of halogens is 3. The first-order valence-electron chi connectivity index (χ1n) is 5.32. The molecule has 0 saturated carbocycles. The summed E-state index contributed by atoms with van der Waals surface area (Å²) in [7, 11) is 0. The van der Waals surface area contributed by atoms with Crippen LogP contribution in [0.2, 0.25) is 0 Å². The molecule has 1 unspecified atom stereocenters. The molecular weight excluding hydrogens is 249 g/mol. The average Bonchev–Trinajstić information content (AvgIpc) is 2.80. The summed E-state index contributed by atoms with van der Waals surface area (Å²) >= 11 is 0. The fourth-order valence-corrected chi connectivity index (χ4v) is 1.86. The van der Waals surface area contributed by atoms with Crippen LogP contribution in [0.25, 0.3) is 0 Å². The van der Waals surface area contributed by atoms with E-state index in [9.17, 15) is 18.0 Å². The summed E-state index contributed by atoms with van der Waals surface area (Å²) in [6.45, 7) is -0.254. The van der Waals surface area contributed by atoms with Crippen molar-refractivity contribution in [2.45, 2.75) is 12.6 Å². The Morgan fingerprint density at radius 3 is 2.78 bits per heavy atom. The molecule has 2 heterocycles. The quantitative estimate of drug-likeness (QED) is 0.831. The van der Waals surface area contributed by atoms with Crippen LogP contribution in [0, 0.1) is 5.41 Å². The van der Waals surface area contributed by atoms with Crippen LogP contribution in [-0.4, -0.2) is 35.4 Å². The summed E-state index contributed by atoms with van der Waals surface area (Å²) < 4.78 is 39.1. The molecule has 0 spiro atoms. The van der Waals surface area contributed by atoms with E-state index in [1.807, 2.05) is 0 Å². The Bertz CT molecular complexity index is 428. The van der Waals surface area contributed by atoms with Crippen LogP contribution in [0.5, 0.6) is 0 Å². The van der Waals surface area contributed by atoms with Crippen LogP contribution in [0.15, 0.2) is 18.3 Å². The first-order chi connectivity index (χ1) is 8.46. The highest BCUT2D eigenvalue weighted by Crippen LogP contribution is 2.43. The van der Waals surface area contributed by atoms with Crippen molar-refractivity contribution in [1.82, 2.24) is 15.5 Å². The largest absolute Gasteiger partial charge is 0.404 e. The molecule has 1 saturated heterocycles. The van der Waals surface area contributed by atoms with Crippen LogP contribution >= 0.6 is 0 Å². The van der Waals surface area contributed by atoms with E-state index < -0.39 is 24.0 Å². The van der Waals surface area contributed by atoms with Crippen LogP contribution in [0.4, 0.5) is 19.0 Å². The number of alkyl halides is 3. The van der Waals surface area contributed by atoms with Gasteiger partial charge in [0.15, 0.2) is 11.2 Å². The Hall–Kier alpha value is -1.70. The van der Waals surface area contributed by atoms with Gasteiger partial charge in [-0.2, -0.15) is 18.3 Å². The molecule has 2 rings (SSSR count). The minimum Gasteiger partial charge on any atom is -0.315 e. The van der Waals surface area contributed by atoms with Gasteiger partial charge in [-0.3, -0.25) is 4.79 Å². The first-order valence-corrected chi connectivity index (χ1v) is 5.32. The summed E-state index contributed by atoms with van der Waals surface area (Å²) in [5.41, 5.74) is -2.38. The van der Waals surface area contributed by atoms with Crippen molar-refractivity contribution in [3.8, 4) is 0 Å². The lowest BCUT2D eigenvalue weighted by atomic mass is 9.85. The number of amides is 1. The highest BCUT2D eigenvalue weighted by Gasteiger charge is 2.61. The van der Waals surface area contributed by atoms with Crippen LogP contribution in [0.1, 0.15) is 6.42 Å². The Kier molecular flexibility index (Phi) is 3.20. The summed E-state index contributed by atoms with van der Waals surface area (Å²) in [5.74, 6) is -1.08. The van der Waals surface area contributed by atoms with Gasteiger partial charge in [-0.05, 0) is 25.1 Å². The molecule has 1 amide bonds. The summed E-state index contributed by atoms with van der Waals surface area (Å²) in [6.07, 6.45) is -3.50. The highest BCUT2D eigenvalue weighted by molar-refractivity contribution is 5.95. The zero-order chi connectivity index (χ0) is 13.2. The van der Waals surface area contributed by atoms with Gasteiger partial charge in [0.1, 0.15) is 0 Å². The van der Waals surface area contributed by atoms with E-state index in [2.05, 4.69) is 20.8 Å². The van der Waals surface area contributed by atoms with Gasteiger partial charge in [0.2, 0.25) is 5.91 Å². The minimum absolute atomic E-state index is 0.0121. The number of aromatic nitrogens is 2. The van der Waals surface area contributed by atoms with Gasteiger partial charge in [0, 0.05) is 12.7 Å². The Balaban J connectivity index is 2.20. The van der Waals surface area contributed by atoms with Gasteiger partial charge in [-0.25, -0.2) is 0 Å². The molecule has 1 aromatic rings. The third kappa shape index (κ3) is 2.15. The molecule has 0 aliphatic carbocycles. The fraction of sp³-hybridized carbons (Fsp3) is 0.500. The molecule has 0 radical (unpaired) electrons. The summed E-state index contributed by atoms with van der Waals surface area (Å²) in [6, 6.07) is 2.87. The van der Waals surface area contributed by atoms with Gasteiger partial charge >= 0.3 is 6.18 Å². The zero-order valence-electron chi connectivity index (χ0n) is 9.29. The predicted octanol–water partition coefficient (Wildman–Crippen LogP) is 0.957. The van der Waals surface area contributed by atoms with Crippen LogP contribution in [0.3, 0.4) is 0 Å². The molecule has 1 aliphatic rings. The molecule has 5 nitrogen and oxygen atoms in total. The molecule has 1 fully saturated rings. The number of rotatable bonds is 2. The van der Waals surface area contributed by atoms with E-state index in [0.717, 1.165) is 0 Å². The van der Waals surface area contributed by atoms with Crippen molar-refractivity contribution < 1.29 is 18.0 Å². The van der Waals surface area contributed by atoms with Gasteiger partial charge in [-0.15, -0.1) is 5.10 Å². The molecular formula is C10H11F3N4O. The predicted molar refractivity (Wildman–Crippen MR) is 56.6 cm³/mol. The van der Waals surface area contributed by atoms with Crippen molar-refractivity contribution in [1.29, 1.82) is 0 Å². The maximum atomic E-state index is 13.0. The topological polar surface area (TPSA) is 66.9 Å². The second-order valence-electron chi connectivity index (χ2n) is 4.07. The molecule has 98 valence electrons. The number of hydrogen-bond acceptors (Lipinski definition) is 4. The number of carbonyl (C=O) groups excluding carboxylic acids is 1. The Labute approximate surface area is 101 Å². The average molecular weight is 260 g/mol. The second-order valence-corrected chi connectivity index (χ2v) is 4.07. The number of anilines is 1. The Morgan fingerprint density at radius 1 is 1.50 bits per heavy atom. The maximum absolute atomic E-state index is 13.0. The highest BCUT2D eigenvalue weighted by atomic mass is 19.4. The van der Waals surface area contributed by atoms with E-state index in [1.54, 1.807) is 0 Å². The third-order valence-corrected chi connectivity index (χ3v) is 2.95. The number of nitrogens with zero attached hydrogens (tertiary/aromatic N) is 2. The van der Waals surface area contributed by atoms with Gasteiger partial charge in [-0.1, -0.05) is 0 Å². The first kappa shape index (κ1) is 12.7. The smallest absolute Gasteiger partial charge is 0.315 e. The zero-order valence-corrected chi connectivity index (χ0v) is 9.29. The number of nitrogens with one attached hydrogen (secondary N) is 2. The third-order valence-electron chi connectivity index (χ3n) is 2.95. The molecule has 8 heteroatoms. The molecule has 1 atom stereocenters. The molecule has 0 bridgehead atoms. The fourth-order valence-electron chi connectivity index (χ4n) is 1.86. The summed E-state index contributed by atoms with van der Waals surface area (Å²) in [4.78, 5) is 11.8. The van der Waals surface area contributed by atoms with Crippen LogP contribution in [-0.2, 0) is 4.79 Å². The van der Waals surface area contributed by atoms with Crippen molar-refractivity contribution in [2.75, 3.05) is 18.4 Å². The van der Waals surface area contributed by atoms with Crippen molar-refractivity contribution in [3.63, 3.8) is 0 Å². The molecule has 1 aromatic heterocycles. The van der Waals surface area contributed by atoms with E-state index in [0.29, 0.717) is 0 Å². The standard InChI is InChI=1S/C10H11F3N4O/c11-10(12,13)9(3-5-14-6-9)8(18)16-7-2-1-4-15-17-7/h1-2,4,14H,3,5-6H2,(H,16,17,18). The van der Waals surface area contributed by atoms with E-state index in [-0.39, 0.29) is 18.8 Å². The number of hydrogen-bond donors (Lipinski definition) is 2. The van der Waals surface area contributed by atoms with Crippen molar-refractivity contribution in [2.24, 2.45) is 5.41 Å². The normalized spacial score (nSPS) is 23.9. The van der Waals surface area contributed by atoms with Gasteiger partial charge < -0.3 is 10.6 Å². The lowest BCUT2D eigenvalue weighted by Crippen LogP contribution is -2.49. The molecule has 18 heavy (non-hydrogen) atoms. The van der Waals surface area contributed by atoms with Gasteiger partial charge in [0.25, 0.3) is 0 Å². The molecule has 0 aromatic carbocycles. The Morgan fingerprint density at radius 2 is 2.28 bits per heavy atom. The van der Waals surface area contributed by atoms with E-state index in [4.69, 9.17) is 0 Å².